The van der Waals surface area contributed by atoms with E-state index in [-0.39, 0.29) is 22.9 Å². The molecule has 7 nitrogen and oxygen atoms in total. The number of aromatic nitrogens is 2. The van der Waals surface area contributed by atoms with Crippen molar-refractivity contribution in [2.45, 2.75) is 25.5 Å². The summed E-state index contributed by atoms with van der Waals surface area (Å²) in [5.74, 6) is -1.28. The predicted octanol–water partition coefficient (Wildman–Crippen LogP) is 4.82. The van der Waals surface area contributed by atoms with Gasteiger partial charge in [-0.2, -0.15) is 0 Å². The fourth-order valence-corrected chi connectivity index (χ4v) is 2.99. The zero-order valence-corrected chi connectivity index (χ0v) is 17.0. The van der Waals surface area contributed by atoms with Crippen LogP contribution in [0.3, 0.4) is 0 Å². The first kappa shape index (κ1) is 21.5. The summed E-state index contributed by atoms with van der Waals surface area (Å²) in [6, 6.07) is 8.25. The van der Waals surface area contributed by atoms with Gasteiger partial charge in [0.1, 0.15) is 5.75 Å². The van der Waals surface area contributed by atoms with E-state index in [1.807, 2.05) is 18.4 Å². The molecule has 0 saturated carbocycles. The van der Waals surface area contributed by atoms with Crippen LogP contribution in [0.25, 0.3) is 11.0 Å². The van der Waals surface area contributed by atoms with Crippen LogP contribution < -0.4 is 10.1 Å². The Labute approximate surface area is 175 Å². The number of amides is 1. The van der Waals surface area contributed by atoms with Gasteiger partial charge in [-0.15, -0.1) is 8.78 Å². The van der Waals surface area contributed by atoms with Gasteiger partial charge in [0.25, 0.3) is 5.91 Å². The van der Waals surface area contributed by atoms with Crippen LogP contribution in [0.15, 0.2) is 42.7 Å². The van der Waals surface area contributed by atoms with Gasteiger partial charge in [-0.05, 0) is 50.2 Å². The number of anilines is 1. The van der Waals surface area contributed by atoms with Crippen LogP contribution in [0.1, 0.15) is 40.6 Å². The third kappa shape index (κ3) is 4.68. The monoisotopic (exact) mass is 437 g/mol. The SMILES string of the molecule is COC(=O)c1cc(C(=O)Nc2ccc(OC(F)(F)Cl)cc2)cc2ncn(C(C)C)c12. The number of alkyl halides is 3. The number of rotatable bonds is 6. The lowest BCUT2D eigenvalue weighted by Crippen LogP contribution is -2.16. The fourth-order valence-electron chi connectivity index (χ4n) is 2.90. The van der Waals surface area contributed by atoms with Gasteiger partial charge in [0.15, 0.2) is 0 Å². The number of esters is 1. The second kappa shape index (κ2) is 8.27. The predicted molar refractivity (Wildman–Crippen MR) is 107 cm³/mol. The summed E-state index contributed by atoms with van der Waals surface area (Å²) in [6.07, 6.45) is 1.59. The Bertz CT molecular complexity index is 1090. The Hall–Kier alpha value is -3.20. The number of ether oxygens (including phenoxy) is 2. The number of carbonyl (C=O) groups excluding carboxylic acids is 2. The summed E-state index contributed by atoms with van der Waals surface area (Å²) in [7, 11) is 1.25. The molecule has 0 bridgehead atoms. The van der Waals surface area contributed by atoms with Crippen LogP contribution >= 0.6 is 11.6 Å². The molecule has 3 aromatic rings. The first-order valence-electron chi connectivity index (χ1n) is 8.85. The molecule has 1 aromatic heterocycles. The summed E-state index contributed by atoms with van der Waals surface area (Å²) >= 11 is 4.72. The van der Waals surface area contributed by atoms with Crippen LogP contribution in [0, 0.1) is 0 Å². The van der Waals surface area contributed by atoms with Crippen molar-refractivity contribution in [2.24, 2.45) is 0 Å². The molecule has 0 atom stereocenters. The minimum atomic E-state index is -3.83. The van der Waals surface area contributed by atoms with Crippen LogP contribution in [0.2, 0.25) is 0 Å². The Morgan fingerprint density at radius 1 is 1.20 bits per heavy atom. The lowest BCUT2D eigenvalue weighted by Gasteiger charge is -2.13. The number of hydrogen-bond acceptors (Lipinski definition) is 5. The zero-order valence-electron chi connectivity index (χ0n) is 16.3. The molecule has 3 rings (SSSR count). The maximum absolute atomic E-state index is 12.7. The van der Waals surface area contributed by atoms with E-state index in [9.17, 15) is 18.4 Å². The van der Waals surface area contributed by atoms with Crippen molar-refractivity contribution < 1.29 is 27.8 Å². The highest BCUT2D eigenvalue weighted by molar-refractivity contribution is 6.20. The highest BCUT2D eigenvalue weighted by atomic mass is 35.5. The number of carbonyl (C=O) groups is 2. The highest BCUT2D eigenvalue weighted by Gasteiger charge is 2.27. The molecule has 0 aliphatic carbocycles. The van der Waals surface area contributed by atoms with E-state index in [1.165, 1.54) is 37.4 Å². The highest BCUT2D eigenvalue weighted by Crippen LogP contribution is 2.27. The second-order valence-corrected chi connectivity index (χ2v) is 7.10. The van der Waals surface area contributed by atoms with E-state index in [1.54, 1.807) is 12.4 Å². The van der Waals surface area contributed by atoms with Crippen LogP contribution in [-0.2, 0) is 4.74 Å². The number of imidazole rings is 1. The number of fused-ring (bicyclic) bond motifs is 1. The minimum absolute atomic E-state index is 0.0409. The molecular weight excluding hydrogens is 420 g/mol. The Morgan fingerprint density at radius 3 is 2.43 bits per heavy atom. The lowest BCUT2D eigenvalue weighted by atomic mass is 10.1. The molecule has 10 heteroatoms. The lowest BCUT2D eigenvalue weighted by molar-refractivity contribution is -0.0964. The number of nitrogens with zero attached hydrogens (tertiary/aromatic N) is 2. The Morgan fingerprint density at radius 2 is 1.87 bits per heavy atom. The molecule has 0 radical (unpaired) electrons. The molecule has 0 spiro atoms. The van der Waals surface area contributed by atoms with Crippen LogP contribution in [-0.4, -0.2) is 34.1 Å². The zero-order chi connectivity index (χ0) is 22.1. The molecule has 2 aromatic carbocycles. The molecule has 0 aliphatic heterocycles. The molecule has 0 fully saturated rings. The van der Waals surface area contributed by atoms with Gasteiger partial charge >= 0.3 is 11.5 Å². The molecule has 0 unspecified atom stereocenters. The molecule has 30 heavy (non-hydrogen) atoms. The minimum Gasteiger partial charge on any atom is -0.465 e. The van der Waals surface area contributed by atoms with Gasteiger partial charge in [-0.3, -0.25) is 4.79 Å². The number of benzene rings is 2. The summed E-state index contributed by atoms with van der Waals surface area (Å²) in [5, 5.41) is 2.63. The van der Waals surface area contributed by atoms with Crippen LogP contribution in [0.5, 0.6) is 5.75 Å². The Kier molecular flexibility index (Phi) is 5.93. The second-order valence-electron chi connectivity index (χ2n) is 6.66. The van der Waals surface area contributed by atoms with Crippen molar-refractivity contribution in [2.75, 3.05) is 12.4 Å². The fraction of sp³-hybridized carbons (Fsp3) is 0.250. The number of hydrogen-bond donors (Lipinski definition) is 1. The van der Waals surface area contributed by atoms with Crippen molar-refractivity contribution in [1.29, 1.82) is 0 Å². The Balaban J connectivity index is 1.91. The third-order valence-corrected chi connectivity index (χ3v) is 4.32. The summed E-state index contributed by atoms with van der Waals surface area (Å²) in [4.78, 5) is 29.3. The van der Waals surface area contributed by atoms with E-state index in [0.29, 0.717) is 16.7 Å². The average Bonchev–Trinajstić information content (AvgIpc) is 3.11. The summed E-state index contributed by atoms with van der Waals surface area (Å²) in [6.45, 7) is 3.88. The smallest absolute Gasteiger partial charge is 0.465 e. The maximum Gasteiger partial charge on any atom is 0.487 e. The largest absolute Gasteiger partial charge is 0.487 e. The first-order valence-corrected chi connectivity index (χ1v) is 9.23. The standard InChI is InChI=1S/C20H18ClF2N3O4/c1-11(2)26-10-24-16-9-12(8-15(17(16)26)19(28)29-3)18(27)25-13-4-6-14(7-5-13)30-20(21,22)23/h4-11H,1-3H3,(H,25,27). The van der Waals surface area contributed by atoms with Gasteiger partial charge in [0.05, 0.1) is 30.0 Å². The van der Waals surface area contributed by atoms with Crippen molar-refractivity contribution in [3.8, 4) is 5.75 Å². The summed E-state index contributed by atoms with van der Waals surface area (Å²) < 4.78 is 36.3. The van der Waals surface area contributed by atoms with E-state index >= 15 is 0 Å². The normalized spacial score (nSPS) is 11.6. The van der Waals surface area contributed by atoms with Crippen molar-refractivity contribution >= 4 is 40.2 Å². The number of halogens is 3. The number of methoxy groups -OCH3 is 1. The number of nitrogens with one attached hydrogen (secondary N) is 1. The van der Waals surface area contributed by atoms with Crippen molar-refractivity contribution in [3.63, 3.8) is 0 Å². The molecule has 0 aliphatic rings. The van der Waals surface area contributed by atoms with Gasteiger partial charge in [-0.25, -0.2) is 9.78 Å². The van der Waals surface area contributed by atoms with Gasteiger partial charge in [0.2, 0.25) is 0 Å². The molecular formula is C20H18ClF2N3O4. The van der Waals surface area contributed by atoms with Crippen molar-refractivity contribution in [3.05, 3.63) is 53.9 Å². The molecule has 1 N–H and O–H groups in total. The molecule has 1 amide bonds. The quantitative estimate of drug-likeness (QED) is 0.441. The van der Waals surface area contributed by atoms with Gasteiger partial charge in [-0.1, -0.05) is 0 Å². The molecule has 158 valence electrons. The van der Waals surface area contributed by atoms with Gasteiger partial charge in [0, 0.05) is 28.9 Å². The first-order chi connectivity index (χ1) is 14.1. The molecule has 0 saturated heterocycles. The maximum atomic E-state index is 12.7. The van der Waals surface area contributed by atoms with E-state index in [4.69, 9.17) is 16.3 Å². The topological polar surface area (TPSA) is 82.5 Å². The van der Waals surface area contributed by atoms with E-state index in [0.717, 1.165) is 0 Å². The summed E-state index contributed by atoms with van der Waals surface area (Å²) in [5.41, 5.74) is -2.08. The van der Waals surface area contributed by atoms with Gasteiger partial charge < -0.3 is 19.4 Å². The molecule has 1 heterocycles. The van der Waals surface area contributed by atoms with Crippen molar-refractivity contribution in [1.82, 2.24) is 9.55 Å². The van der Waals surface area contributed by atoms with Crippen LogP contribution in [0.4, 0.5) is 14.5 Å². The van der Waals surface area contributed by atoms with E-state index in [2.05, 4.69) is 15.0 Å². The average molecular weight is 438 g/mol. The third-order valence-electron chi connectivity index (χ3n) is 4.24. The van der Waals surface area contributed by atoms with E-state index < -0.39 is 17.4 Å².